The first-order valence-corrected chi connectivity index (χ1v) is 8.97. The molecule has 0 aliphatic heterocycles. The number of primary amides is 1. The number of hydrogen-bond acceptors (Lipinski definition) is 6. The van der Waals surface area contributed by atoms with Crippen LogP contribution >= 0.6 is 11.8 Å². The zero-order valence-corrected chi connectivity index (χ0v) is 14.9. The monoisotopic (exact) mass is 360 g/mol. The molecule has 3 amide bonds. The number of carbonyl (C=O) groups is 2. The summed E-state index contributed by atoms with van der Waals surface area (Å²) in [6.45, 7) is 3.83. The van der Waals surface area contributed by atoms with Gasteiger partial charge in [0.25, 0.3) is 0 Å². The molecule has 0 saturated heterocycles. The third-order valence-electron chi connectivity index (χ3n) is 3.86. The van der Waals surface area contributed by atoms with Gasteiger partial charge < -0.3 is 5.73 Å². The number of imide groups is 1. The second kappa shape index (κ2) is 7.22. The zero-order valence-electron chi connectivity index (χ0n) is 14.0. The molecule has 1 saturated carbocycles. The second-order valence-corrected chi connectivity index (χ2v) is 7.39. The van der Waals surface area contributed by atoms with Crippen molar-refractivity contribution >= 4 is 23.7 Å². The van der Waals surface area contributed by atoms with E-state index < -0.39 is 17.2 Å². The summed E-state index contributed by atoms with van der Waals surface area (Å²) in [5, 5.41) is 11.0. The molecule has 1 fully saturated rings. The normalized spacial score (nSPS) is 15.2. The molecule has 1 aliphatic carbocycles. The van der Waals surface area contributed by atoms with Crippen LogP contribution in [-0.4, -0.2) is 36.9 Å². The number of urea groups is 1. The summed E-state index contributed by atoms with van der Waals surface area (Å²) in [5.41, 5.74) is 6.01. The van der Waals surface area contributed by atoms with E-state index in [1.165, 1.54) is 11.8 Å². The van der Waals surface area contributed by atoms with Crippen LogP contribution in [0, 0.1) is 5.92 Å². The Balaban J connectivity index is 1.90. The molecule has 3 N–H and O–H groups in total. The van der Waals surface area contributed by atoms with Crippen LogP contribution in [0.1, 0.15) is 32.7 Å². The molecule has 0 radical (unpaired) electrons. The molecule has 25 heavy (non-hydrogen) atoms. The fraction of sp³-hybridized carbons (Fsp3) is 0.438. The summed E-state index contributed by atoms with van der Waals surface area (Å²) < 4.78 is 2.08. The maximum absolute atomic E-state index is 12.3. The minimum atomic E-state index is -0.850. The van der Waals surface area contributed by atoms with Gasteiger partial charge in [0.1, 0.15) is 0 Å². The zero-order chi connectivity index (χ0) is 18.0. The molecular formula is C16H20N6O2S. The maximum Gasteiger partial charge on any atom is 0.318 e. The van der Waals surface area contributed by atoms with Crippen molar-refractivity contribution in [2.24, 2.45) is 11.7 Å². The molecule has 2 aromatic heterocycles. The van der Waals surface area contributed by atoms with Gasteiger partial charge in [-0.05, 0) is 30.9 Å². The minimum absolute atomic E-state index is 0.00178. The van der Waals surface area contributed by atoms with Crippen molar-refractivity contribution in [2.75, 3.05) is 0 Å². The molecule has 9 heteroatoms. The predicted molar refractivity (Wildman–Crippen MR) is 93.7 cm³/mol. The van der Waals surface area contributed by atoms with E-state index >= 15 is 0 Å². The summed E-state index contributed by atoms with van der Waals surface area (Å²) in [7, 11) is 0. The van der Waals surface area contributed by atoms with E-state index in [0.717, 1.165) is 24.2 Å². The largest absolute Gasteiger partial charge is 0.351 e. The molecule has 0 spiro atoms. The molecule has 2 aromatic rings. The number of aromatic nitrogens is 4. The number of hydrogen-bond donors (Lipinski definition) is 2. The van der Waals surface area contributed by atoms with Crippen LogP contribution < -0.4 is 11.1 Å². The van der Waals surface area contributed by atoms with E-state index in [0.29, 0.717) is 11.2 Å². The summed E-state index contributed by atoms with van der Waals surface area (Å²) >= 11 is 1.31. The van der Waals surface area contributed by atoms with Gasteiger partial charge in [-0.15, -0.1) is 10.2 Å². The highest BCUT2D eigenvalue weighted by molar-refractivity contribution is 8.00. The number of nitrogens with zero attached hydrogens (tertiary/aromatic N) is 4. The fourth-order valence-corrected chi connectivity index (χ4v) is 3.62. The number of nitrogens with two attached hydrogens (primary N) is 1. The third-order valence-corrected chi connectivity index (χ3v) is 5.36. The molecule has 0 aromatic carbocycles. The van der Waals surface area contributed by atoms with Gasteiger partial charge in [0.15, 0.2) is 11.0 Å². The highest BCUT2D eigenvalue weighted by Gasteiger charge is 2.33. The standard InChI is InChI=1S/C16H20N6O2S/c1-9(2)12(14(23)19-15(17)24)25-16-21-20-13(22(16)11-3-4-11)10-5-7-18-8-6-10/h5-9,11-12H,3-4H2,1-2H3,(H3,17,19,23,24)/t12-/m0/s1. The van der Waals surface area contributed by atoms with Gasteiger partial charge in [-0.25, -0.2) is 4.79 Å². The summed E-state index contributed by atoms with van der Waals surface area (Å²) in [5.74, 6) is 0.353. The third kappa shape index (κ3) is 3.98. The second-order valence-electron chi connectivity index (χ2n) is 6.28. The van der Waals surface area contributed by atoms with Crippen LogP contribution in [0.5, 0.6) is 0 Å². The molecule has 0 unspecified atom stereocenters. The van der Waals surface area contributed by atoms with Crippen LogP contribution in [0.25, 0.3) is 11.4 Å². The van der Waals surface area contributed by atoms with E-state index in [9.17, 15) is 9.59 Å². The quantitative estimate of drug-likeness (QED) is 0.761. The van der Waals surface area contributed by atoms with Crippen molar-refractivity contribution < 1.29 is 9.59 Å². The molecule has 0 bridgehead atoms. The molecule has 2 heterocycles. The van der Waals surface area contributed by atoms with Gasteiger partial charge in [-0.2, -0.15) is 0 Å². The Morgan fingerprint density at radius 2 is 1.96 bits per heavy atom. The Morgan fingerprint density at radius 3 is 2.52 bits per heavy atom. The first-order valence-electron chi connectivity index (χ1n) is 8.09. The van der Waals surface area contributed by atoms with Crippen molar-refractivity contribution in [2.45, 2.75) is 43.1 Å². The topological polar surface area (TPSA) is 116 Å². The SMILES string of the molecule is CC(C)[C@H](Sc1nnc(-c2ccncc2)n1C1CC1)C(=O)NC(N)=O. The van der Waals surface area contributed by atoms with E-state index in [1.807, 2.05) is 26.0 Å². The van der Waals surface area contributed by atoms with E-state index in [1.54, 1.807) is 12.4 Å². The van der Waals surface area contributed by atoms with Crippen LogP contribution in [-0.2, 0) is 4.79 Å². The average molecular weight is 360 g/mol. The van der Waals surface area contributed by atoms with Crippen molar-refractivity contribution in [3.05, 3.63) is 24.5 Å². The van der Waals surface area contributed by atoms with E-state index in [2.05, 4.69) is 25.1 Å². The van der Waals surface area contributed by atoms with Crippen molar-refractivity contribution in [3.8, 4) is 11.4 Å². The van der Waals surface area contributed by atoms with Crippen LogP contribution in [0.4, 0.5) is 4.79 Å². The number of pyridine rings is 1. The minimum Gasteiger partial charge on any atom is -0.351 e. The van der Waals surface area contributed by atoms with Gasteiger partial charge in [-0.3, -0.25) is 19.7 Å². The van der Waals surface area contributed by atoms with E-state index in [4.69, 9.17) is 5.73 Å². The molecule has 3 rings (SSSR count). The van der Waals surface area contributed by atoms with E-state index in [-0.39, 0.29) is 5.92 Å². The Morgan fingerprint density at radius 1 is 1.28 bits per heavy atom. The summed E-state index contributed by atoms with van der Waals surface area (Å²) in [4.78, 5) is 27.3. The summed E-state index contributed by atoms with van der Waals surface area (Å²) in [6, 6.07) is 3.26. The molecule has 132 valence electrons. The highest BCUT2D eigenvalue weighted by atomic mass is 32.2. The van der Waals surface area contributed by atoms with Crippen molar-refractivity contribution in [1.29, 1.82) is 0 Å². The van der Waals surface area contributed by atoms with Gasteiger partial charge in [-0.1, -0.05) is 25.6 Å². The number of amides is 3. The Hall–Kier alpha value is -2.42. The lowest BCUT2D eigenvalue weighted by atomic mass is 10.1. The Labute approximate surface area is 149 Å². The molecule has 8 nitrogen and oxygen atoms in total. The lowest BCUT2D eigenvalue weighted by Gasteiger charge is -2.19. The maximum atomic E-state index is 12.3. The number of nitrogens with one attached hydrogen (secondary N) is 1. The van der Waals surface area contributed by atoms with Crippen molar-refractivity contribution in [3.63, 3.8) is 0 Å². The fourth-order valence-electron chi connectivity index (χ4n) is 2.52. The van der Waals surface area contributed by atoms with Crippen LogP contribution in [0.15, 0.2) is 29.7 Å². The smallest absolute Gasteiger partial charge is 0.318 e. The highest BCUT2D eigenvalue weighted by Crippen LogP contribution is 2.42. The number of rotatable bonds is 6. The lowest BCUT2D eigenvalue weighted by molar-refractivity contribution is -0.120. The first-order chi connectivity index (χ1) is 12.0. The lowest BCUT2D eigenvalue weighted by Crippen LogP contribution is -2.42. The van der Waals surface area contributed by atoms with Gasteiger partial charge in [0.05, 0.1) is 5.25 Å². The first kappa shape index (κ1) is 17.4. The number of carbonyl (C=O) groups excluding carboxylic acids is 2. The predicted octanol–water partition coefficient (Wildman–Crippen LogP) is 1.99. The summed E-state index contributed by atoms with van der Waals surface area (Å²) in [6.07, 6.45) is 5.55. The number of thioether (sulfide) groups is 1. The Bertz CT molecular complexity index is 772. The molecular weight excluding hydrogens is 340 g/mol. The van der Waals surface area contributed by atoms with Crippen molar-refractivity contribution in [1.82, 2.24) is 25.1 Å². The van der Waals surface area contributed by atoms with Crippen LogP contribution in [0.3, 0.4) is 0 Å². The van der Waals surface area contributed by atoms with Crippen LogP contribution in [0.2, 0.25) is 0 Å². The van der Waals surface area contributed by atoms with Gasteiger partial charge >= 0.3 is 6.03 Å². The average Bonchev–Trinajstić information content (AvgIpc) is 3.32. The molecule has 1 aliphatic rings. The Kier molecular flexibility index (Phi) is 5.03. The van der Waals surface area contributed by atoms with Gasteiger partial charge in [0, 0.05) is 24.0 Å². The van der Waals surface area contributed by atoms with Gasteiger partial charge in [0.2, 0.25) is 5.91 Å². The molecule has 1 atom stereocenters.